The highest BCUT2D eigenvalue weighted by atomic mass is 32.2. The molecule has 2 aliphatic heterocycles. The van der Waals surface area contributed by atoms with Crippen LogP contribution >= 0.6 is 0 Å². The molecule has 2 saturated heterocycles. The number of amides is 2. The Hall–Kier alpha value is -3.06. The molecule has 0 radical (unpaired) electrons. The van der Waals surface area contributed by atoms with Gasteiger partial charge in [-0.25, -0.2) is 13.2 Å². The number of nitrogens with one attached hydrogen (secondary N) is 1. The number of nitrogens with two attached hydrogens (primary N) is 1. The molecule has 5 rings (SSSR count). The number of nitrogens with zero attached hydrogens (tertiary/aromatic N) is 5. The van der Waals surface area contributed by atoms with E-state index in [1.54, 1.807) is 22.1 Å². The summed E-state index contributed by atoms with van der Waals surface area (Å²) in [5.41, 5.74) is 8.21. The van der Waals surface area contributed by atoms with Gasteiger partial charge in [-0.15, -0.1) is 0 Å². The molecule has 1 aliphatic carbocycles. The lowest BCUT2D eigenvalue weighted by molar-refractivity contribution is -0.107. The first-order valence-corrected chi connectivity index (χ1v) is 16.9. The first-order chi connectivity index (χ1) is 20.7. The minimum absolute atomic E-state index is 0.0938. The molecule has 1 unspecified atom stereocenters. The zero-order valence-electron chi connectivity index (χ0n) is 25.3. The third kappa shape index (κ3) is 7.03. The number of hydrogen-bond donors (Lipinski definition) is 2. The van der Waals surface area contributed by atoms with E-state index in [0.717, 1.165) is 62.5 Å². The maximum atomic E-state index is 13.2. The van der Waals surface area contributed by atoms with Gasteiger partial charge in [-0.1, -0.05) is 18.2 Å². The number of carbonyl (C=O) groups is 2. The molecular formula is C31H45N7O4S. The zero-order chi connectivity index (χ0) is 30.6. The molecule has 0 bridgehead atoms. The average molecular weight is 612 g/mol. The minimum atomic E-state index is -3.46. The third-order valence-corrected chi connectivity index (χ3v) is 11.1. The van der Waals surface area contributed by atoms with Crippen LogP contribution in [0.1, 0.15) is 56.4 Å². The van der Waals surface area contributed by atoms with Crippen LogP contribution in [0.3, 0.4) is 0 Å². The fraction of sp³-hybridized carbons (Fsp3) is 0.581. The number of fused-ring (bicyclic) bond motifs is 1. The van der Waals surface area contributed by atoms with Crippen molar-refractivity contribution in [1.29, 1.82) is 0 Å². The number of rotatable bonds is 10. The highest BCUT2D eigenvalue weighted by molar-refractivity contribution is 7.93. The normalized spacial score (nSPS) is 21.2. The smallest absolute Gasteiger partial charge is 0.322 e. The summed E-state index contributed by atoms with van der Waals surface area (Å²) in [4.78, 5) is 27.9. The summed E-state index contributed by atoms with van der Waals surface area (Å²) in [6.45, 7) is 4.22. The molecular weight excluding hydrogens is 566 g/mol. The Bertz CT molecular complexity index is 1470. The van der Waals surface area contributed by atoms with E-state index in [9.17, 15) is 18.0 Å². The van der Waals surface area contributed by atoms with Crippen molar-refractivity contribution >= 4 is 39.1 Å². The Morgan fingerprint density at radius 2 is 1.91 bits per heavy atom. The lowest BCUT2D eigenvalue weighted by Crippen LogP contribution is -2.43. The fourth-order valence-electron chi connectivity index (χ4n) is 6.52. The zero-order valence-corrected chi connectivity index (χ0v) is 26.1. The summed E-state index contributed by atoms with van der Waals surface area (Å²) in [5.74, 6) is 1.22. The maximum Gasteiger partial charge on any atom is 0.322 e. The van der Waals surface area contributed by atoms with E-state index >= 15 is 0 Å². The Balaban J connectivity index is 1.17. The van der Waals surface area contributed by atoms with Crippen molar-refractivity contribution in [3.05, 3.63) is 46.9 Å². The second kappa shape index (κ2) is 13.7. The van der Waals surface area contributed by atoms with Gasteiger partial charge in [-0.2, -0.15) is 9.40 Å². The minimum Gasteiger partial charge on any atom is -0.341 e. The lowest BCUT2D eigenvalue weighted by Gasteiger charge is -2.33. The van der Waals surface area contributed by atoms with Crippen molar-refractivity contribution in [2.24, 2.45) is 18.7 Å². The van der Waals surface area contributed by atoms with Gasteiger partial charge in [-0.3, -0.25) is 9.58 Å². The highest BCUT2D eigenvalue weighted by Gasteiger charge is 2.31. The maximum absolute atomic E-state index is 13.2. The largest absolute Gasteiger partial charge is 0.341 e. The predicted octanol–water partition coefficient (Wildman–Crippen LogP) is 3.09. The third-order valence-electron chi connectivity index (χ3n) is 9.17. The number of anilines is 1. The summed E-state index contributed by atoms with van der Waals surface area (Å²) in [5, 5.41) is 8.17. The number of likely N-dealkylation sites (tertiary alicyclic amines) is 1. The van der Waals surface area contributed by atoms with Crippen LogP contribution in [0.25, 0.3) is 10.9 Å². The highest BCUT2D eigenvalue weighted by Crippen LogP contribution is 2.34. The van der Waals surface area contributed by atoms with Crippen molar-refractivity contribution < 1.29 is 18.0 Å². The number of urea groups is 1. The number of aldehydes is 1. The van der Waals surface area contributed by atoms with Crippen LogP contribution in [0.2, 0.25) is 0 Å². The van der Waals surface area contributed by atoms with Gasteiger partial charge >= 0.3 is 6.03 Å². The van der Waals surface area contributed by atoms with Crippen molar-refractivity contribution in [3.8, 4) is 0 Å². The molecule has 11 nitrogen and oxygen atoms in total. The Morgan fingerprint density at radius 1 is 1.16 bits per heavy atom. The van der Waals surface area contributed by atoms with Crippen molar-refractivity contribution in [2.75, 3.05) is 51.2 Å². The van der Waals surface area contributed by atoms with Crippen LogP contribution in [0.5, 0.6) is 0 Å². The number of sulfonamides is 1. The van der Waals surface area contributed by atoms with Crippen LogP contribution in [0.4, 0.5) is 10.6 Å². The number of piperidine rings is 2. The molecule has 234 valence electrons. The first-order valence-electron chi connectivity index (χ1n) is 15.5. The average Bonchev–Trinajstić information content (AvgIpc) is 3.35. The van der Waals surface area contributed by atoms with Gasteiger partial charge in [0.2, 0.25) is 10.0 Å². The van der Waals surface area contributed by atoms with Gasteiger partial charge in [0, 0.05) is 51.6 Å². The van der Waals surface area contributed by atoms with E-state index < -0.39 is 10.0 Å². The number of allylic oxidation sites excluding steroid dienone is 3. The molecule has 3 aliphatic rings. The molecule has 2 fully saturated rings. The van der Waals surface area contributed by atoms with Crippen molar-refractivity contribution in [2.45, 2.75) is 56.9 Å². The van der Waals surface area contributed by atoms with E-state index in [-0.39, 0.29) is 31.0 Å². The molecule has 0 saturated carbocycles. The van der Waals surface area contributed by atoms with Gasteiger partial charge in [-0.05, 0) is 93.8 Å². The monoisotopic (exact) mass is 611 g/mol. The fourth-order valence-corrected chi connectivity index (χ4v) is 8.14. The molecule has 1 atom stereocenters. The molecule has 2 aromatic rings. The second-order valence-electron chi connectivity index (χ2n) is 12.0. The molecule has 3 N–H and O–H groups in total. The molecule has 43 heavy (non-hydrogen) atoms. The molecule has 12 heteroatoms. The van der Waals surface area contributed by atoms with Crippen LogP contribution in [0, 0.1) is 5.92 Å². The number of aryl methyl sites for hydroxylation is 1. The Morgan fingerprint density at radius 3 is 2.60 bits per heavy atom. The van der Waals surface area contributed by atoms with E-state index in [0.29, 0.717) is 42.6 Å². The Kier molecular flexibility index (Phi) is 10.0. The van der Waals surface area contributed by atoms with Gasteiger partial charge in [0.05, 0.1) is 10.4 Å². The molecule has 1 aromatic carbocycles. The molecule has 1 aromatic heterocycles. The first kappa shape index (κ1) is 31.4. The number of carbonyl (C=O) groups excluding carboxylic acids is 2. The summed E-state index contributed by atoms with van der Waals surface area (Å²) in [6, 6.07) is 6.18. The second-order valence-corrected chi connectivity index (χ2v) is 13.9. The summed E-state index contributed by atoms with van der Waals surface area (Å²) in [6.07, 6.45) is 12.1. The molecule has 0 spiro atoms. The molecule has 2 amide bonds. The summed E-state index contributed by atoms with van der Waals surface area (Å²) >= 11 is 0. The van der Waals surface area contributed by atoms with Crippen LogP contribution in [-0.2, 0) is 21.9 Å². The van der Waals surface area contributed by atoms with E-state index in [1.807, 2.05) is 25.3 Å². The SMILES string of the molecule is CNC(=O)N(CCC=O)c1nn(C)c2cc(C3CCN(CCC4C=C(S(=O)(=O)N5CCC(N)CC5)C=CC4)CC3)ccc12. The quantitative estimate of drug-likeness (QED) is 0.395. The number of hydrogen-bond acceptors (Lipinski definition) is 7. The predicted molar refractivity (Wildman–Crippen MR) is 169 cm³/mol. The molecule has 3 heterocycles. The van der Waals surface area contributed by atoms with Gasteiger partial charge in [0.25, 0.3) is 0 Å². The lowest BCUT2D eigenvalue weighted by atomic mass is 9.88. The van der Waals surface area contributed by atoms with Gasteiger partial charge < -0.3 is 20.7 Å². The van der Waals surface area contributed by atoms with Gasteiger partial charge in [0.15, 0.2) is 5.82 Å². The van der Waals surface area contributed by atoms with E-state index in [1.165, 1.54) is 10.5 Å². The van der Waals surface area contributed by atoms with E-state index in [2.05, 4.69) is 27.4 Å². The number of aromatic nitrogens is 2. The van der Waals surface area contributed by atoms with Crippen LogP contribution in [-0.4, -0.2) is 92.1 Å². The van der Waals surface area contributed by atoms with Crippen LogP contribution in [0.15, 0.2) is 41.3 Å². The van der Waals surface area contributed by atoms with Gasteiger partial charge in [0.1, 0.15) is 6.29 Å². The topological polar surface area (TPSA) is 134 Å². The Labute approximate surface area is 254 Å². The van der Waals surface area contributed by atoms with Crippen molar-refractivity contribution in [1.82, 2.24) is 24.3 Å². The van der Waals surface area contributed by atoms with E-state index in [4.69, 9.17) is 5.73 Å². The standard InChI is InChI=1S/C31H45N7O4S/c1-33-31(40)38(14-4-20-39)30-28-8-7-25(22-29(28)35(2)34-30)24-10-16-36(17-11-24)15-9-23-5-3-6-27(21-23)43(41,42)37-18-12-26(32)13-19-37/h3,6-8,20-24,26H,4-5,9-19,32H2,1-2H3,(H,33,40). The summed E-state index contributed by atoms with van der Waals surface area (Å²) < 4.78 is 29.8. The summed E-state index contributed by atoms with van der Waals surface area (Å²) in [7, 11) is -0.00324. The van der Waals surface area contributed by atoms with Crippen molar-refractivity contribution in [3.63, 3.8) is 0 Å². The number of benzene rings is 1. The van der Waals surface area contributed by atoms with Crippen LogP contribution < -0.4 is 16.0 Å².